The van der Waals surface area contributed by atoms with Crippen LogP contribution in [0.15, 0.2) is 76.4 Å². The minimum absolute atomic E-state index is 0.191. The van der Waals surface area contributed by atoms with E-state index in [1.807, 2.05) is 30.3 Å². The highest BCUT2D eigenvalue weighted by Gasteiger charge is 2.22. The normalized spacial score (nSPS) is 10.7. The minimum Gasteiger partial charge on any atom is -0.493 e. The summed E-state index contributed by atoms with van der Waals surface area (Å²) in [6, 6.07) is 18.9. The SMILES string of the molecule is COc1cc(C(=O)Oc2ccccc2C=NNC(=O)c2c(-c3ccccc3)noc2C)cc(OC)c1OC. The van der Waals surface area contributed by atoms with Crippen LogP contribution in [0.25, 0.3) is 11.3 Å². The molecule has 0 bridgehead atoms. The van der Waals surface area contributed by atoms with Crippen LogP contribution >= 0.6 is 0 Å². The molecule has 0 saturated carbocycles. The number of amides is 1. The van der Waals surface area contributed by atoms with Crippen molar-refractivity contribution in [2.45, 2.75) is 6.92 Å². The van der Waals surface area contributed by atoms with Gasteiger partial charge in [0.25, 0.3) is 5.91 Å². The summed E-state index contributed by atoms with van der Waals surface area (Å²) in [5, 5.41) is 8.06. The Balaban J connectivity index is 1.52. The van der Waals surface area contributed by atoms with Gasteiger partial charge in [-0.25, -0.2) is 10.2 Å². The van der Waals surface area contributed by atoms with E-state index < -0.39 is 11.9 Å². The zero-order valence-electron chi connectivity index (χ0n) is 21.2. The smallest absolute Gasteiger partial charge is 0.343 e. The van der Waals surface area contributed by atoms with E-state index >= 15 is 0 Å². The number of aromatic nitrogens is 1. The van der Waals surface area contributed by atoms with E-state index in [1.54, 1.807) is 31.2 Å². The number of benzene rings is 3. The fourth-order valence-electron chi connectivity index (χ4n) is 3.69. The lowest BCUT2D eigenvalue weighted by Crippen LogP contribution is -2.19. The molecule has 10 heteroatoms. The maximum atomic E-state index is 12.9. The molecule has 0 aliphatic heterocycles. The van der Waals surface area contributed by atoms with Gasteiger partial charge in [-0.3, -0.25) is 4.79 Å². The highest BCUT2D eigenvalue weighted by molar-refractivity contribution is 6.01. The van der Waals surface area contributed by atoms with E-state index in [9.17, 15) is 9.59 Å². The van der Waals surface area contributed by atoms with Crippen LogP contribution in [-0.2, 0) is 0 Å². The number of aryl methyl sites for hydroxylation is 1. The quantitative estimate of drug-likeness (QED) is 0.148. The third-order valence-electron chi connectivity index (χ3n) is 5.53. The van der Waals surface area contributed by atoms with Crippen LogP contribution in [0.1, 0.15) is 32.0 Å². The lowest BCUT2D eigenvalue weighted by Gasteiger charge is -2.14. The van der Waals surface area contributed by atoms with Gasteiger partial charge in [-0.1, -0.05) is 47.6 Å². The molecule has 10 nitrogen and oxygen atoms in total. The lowest BCUT2D eigenvalue weighted by atomic mass is 10.1. The molecule has 0 atom stereocenters. The molecular weight excluding hydrogens is 490 g/mol. The number of esters is 1. The molecular formula is C28H25N3O7. The molecule has 0 fully saturated rings. The fourth-order valence-corrected chi connectivity index (χ4v) is 3.69. The largest absolute Gasteiger partial charge is 0.493 e. The van der Waals surface area contributed by atoms with E-state index in [0.717, 1.165) is 5.56 Å². The summed E-state index contributed by atoms with van der Waals surface area (Å²) in [5.41, 5.74) is 4.56. The van der Waals surface area contributed by atoms with Crippen LogP contribution in [0.3, 0.4) is 0 Å². The Morgan fingerprint density at radius 3 is 2.21 bits per heavy atom. The van der Waals surface area contributed by atoms with Crippen LogP contribution in [0.5, 0.6) is 23.0 Å². The van der Waals surface area contributed by atoms with Gasteiger partial charge in [0.2, 0.25) is 5.75 Å². The van der Waals surface area contributed by atoms with Gasteiger partial charge in [0.1, 0.15) is 22.8 Å². The van der Waals surface area contributed by atoms with E-state index in [2.05, 4.69) is 15.7 Å². The molecule has 4 rings (SSSR count). The second-order valence-electron chi connectivity index (χ2n) is 7.87. The van der Waals surface area contributed by atoms with Crippen molar-refractivity contribution in [1.82, 2.24) is 10.6 Å². The predicted molar refractivity (Wildman–Crippen MR) is 139 cm³/mol. The van der Waals surface area contributed by atoms with Crippen molar-refractivity contribution in [1.29, 1.82) is 0 Å². The van der Waals surface area contributed by atoms with Crippen LogP contribution in [0, 0.1) is 6.92 Å². The van der Waals surface area contributed by atoms with E-state index in [4.69, 9.17) is 23.5 Å². The molecule has 3 aromatic carbocycles. The molecule has 0 aliphatic carbocycles. The Morgan fingerprint density at radius 1 is 0.895 bits per heavy atom. The first-order chi connectivity index (χ1) is 18.5. The summed E-state index contributed by atoms with van der Waals surface area (Å²) in [4.78, 5) is 25.8. The van der Waals surface area contributed by atoms with Crippen molar-refractivity contribution in [2.24, 2.45) is 5.10 Å². The Bertz CT molecular complexity index is 1450. The van der Waals surface area contributed by atoms with Gasteiger partial charge in [0.05, 0.1) is 33.1 Å². The van der Waals surface area contributed by atoms with E-state index in [0.29, 0.717) is 34.3 Å². The molecule has 0 unspecified atom stereocenters. The summed E-state index contributed by atoms with van der Waals surface area (Å²) in [6.07, 6.45) is 1.38. The van der Waals surface area contributed by atoms with Gasteiger partial charge in [-0.15, -0.1) is 0 Å². The van der Waals surface area contributed by atoms with Gasteiger partial charge in [-0.2, -0.15) is 5.10 Å². The summed E-state index contributed by atoms with van der Waals surface area (Å²) >= 11 is 0. The number of hydrazone groups is 1. The number of carbonyl (C=O) groups is 2. The topological polar surface area (TPSA) is 121 Å². The average Bonchev–Trinajstić information content (AvgIpc) is 3.34. The predicted octanol–water partition coefficient (Wildman–Crippen LogP) is 4.66. The first kappa shape index (κ1) is 26.0. The molecule has 1 amide bonds. The van der Waals surface area contributed by atoms with Crippen molar-refractivity contribution in [3.63, 3.8) is 0 Å². The number of nitrogens with zero attached hydrogens (tertiary/aromatic N) is 2. The monoisotopic (exact) mass is 515 g/mol. The third-order valence-corrected chi connectivity index (χ3v) is 5.53. The Labute approximate surface area is 218 Å². The first-order valence-corrected chi connectivity index (χ1v) is 11.4. The zero-order valence-corrected chi connectivity index (χ0v) is 21.2. The number of ether oxygens (including phenoxy) is 4. The fraction of sp³-hybridized carbons (Fsp3) is 0.143. The third kappa shape index (κ3) is 5.49. The highest BCUT2D eigenvalue weighted by atomic mass is 16.5. The summed E-state index contributed by atoms with van der Waals surface area (Å²) in [5.74, 6) is 0.429. The van der Waals surface area contributed by atoms with Gasteiger partial charge in [0.15, 0.2) is 11.5 Å². The van der Waals surface area contributed by atoms with Gasteiger partial charge in [-0.05, 0) is 31.2 Å². The van der Waals surface area contributed by atoms with Gasteiger partial charge >= 0.3 is 5.97 Å². The van der Waals surface area contributed by atoms with Crippen LogP contribution < -0.4 is 24.4 Å². The Kier molecular flexibility index (Phi) is 8.02. The molecule has 4 aromatic rings. The van der Waals surface area contributed by atoms with E-state index in [-0.39, 0.29) is 16.9 Å². The average molecular weight is 516 g/mol. The Hall–Kier alpha value is -5.12. The lowest BCUT2D eigenvalue weighted by molar-refractivity contribution is 0.0733. The molecule has 38 heavy (non-hydrogen) atoms. The van der Waals surface area contributed by atoms with Crippen molar-refractivity contribution < 1.29 is 33.1 Å². The van der Waals surface area contributed by atoms with Crippen LogP contribution in [-0.4, -0.2) is 44.6 Å². The number of nitrogens with one attached hydrogen (secondary N) is 1. The molecule has 1 N–H and O–H groups in total. The standard InChI is InChI=1S/C28H25N3O7/c1-17-24(25(31-38-17)18-10-6-5-7-11-18)27(32)30-29-16-19-12-8-9-13-21(19)37-28(33)20-14-22(34-2)26(36-4)23(15-20)35-3/h5-16H,1-4H3,(H,30,32). The van der Waals surface area contributed by atoms with Gasteiger partial charge in [0, 0.05) is 11.1 Å². The van der Waals surface area contributed by atoms with Crippen molar-refractivity contribution in [2.75, 3.05) is 21.3 Å². The minimum atomic E-state index is -0.651. The number of rotatable bonds is 9. The second-order valence-corrected chi connectivity index (χ2v) is 7.87. The molecule has 0 aliphatic rings. The molecule has 1 heterocycles. The molecule has 1 aromatic heterocycles. The number of para-hydroxylation sites is 1. The van der Waals surface area contributed by atoms with E-state index in [1.165, 1.54) is 39.7 Å². The molecule has 0 spiro atoms. The summed E-state index contributed by atoms with van der Waals surface area (Å²) < 4.78 is 26.8. The molecule has 0 saturated heterocycles. The van der Waals surface area contributed by atoms with Gasteiger partial charge < -0.3 is 23.5 Å². The summed E-state index contributed by atoms with van der Waals surface area (Å²) in [7, 11) is 4.38. The Morgan fingerprint density at radius 2 is 1.55 bits per heavy atom. The zero-order chi connectivity index (χ0) is 27.1. The van der Waals surface area contributed by atoms with Crippen molar-refractivity contribution in [3.8, 4) is 34.3 Å². The highest BCUT2D eigenvalue weighted by Crippen LogP contribution is 2.38. The maximum Gasteiger partial charge on any atom is 0.343 e. The van der Waals surface area contributed by atoms with Crippen LogP contribution in [0.4, 0.5) is 0 Å². The molecule has 0 radical (unpaired) electrons. The van der Waals surface area contributed by atoms with Crippen LogP contribution in [0.2, 0.25) is 0 Å². The molecule has 194 valence electrons. The first-order valence-electron chi connectivity index (χ1n) is 11.4. The summed E-state index contributed by atoms with van der Waals surface area (Å²) in [6.45, 7) is 1.65. The van der Waals surface area contributed by atoms with Crippen molar-refractivity contribution in [3.05, 3.63) is 89.2 Å². The maximum absolute atomic E-state index is 12.9. The number of carbonyl (C=O) groups excluding carboxylic acids is 2. The number of methoxy groups -OCH3 is 3. The number of hydrogen-bond acceptors (Lipinski definition) is 9. The van der Waals surface area contributed by atoms with Crippen molar-refractivity contribution >= 4 is 18.1 Å². The second kappa shape index (κ2) is 11.7. The number of hydrogen-bond donors (Lipinski definition) is 1.